The number of halogens is 1. The molecule has 0 radical (unpaired) electrons. The molecule has 0 aliphatic heterocycles. The fourth-order valence-electron chi connectivity index (χ4n) is 2.79. The normalized spacial score (nSPS) is 11.0. The zero-order chi connectivity index (χ0) is 19.1. The average Bonchev–Trinajstić information content (AvgIpc) is 3.20. The number of imidazole rings is 1. The molecule has 28 heavy (non-hydrogen) atoms. The van der Waals surface area contributed by atoms with Crippen LogP contribution in [0, 0.1) is 13.8 Å². The zero-order valence-corrected chi connectivity index (χ0v) is 18.8. The third-order valence-corrected chi connectivity index (χ3v) is 4.29. The Hall–Kier alpha value is -2.42. The summed E-state index contributed by atoms with van der Waals surface area (Å²) in [5.41, 5.74) is 4.90. The molecule has 7 heteroatoms. The predicted octanol–water partition coefficient (Wildman–Crippen LogP) is 3.76. The minimum Gasteiger partial charge on any atom is -0.357 e. The van der Waals surface area contributed by atoms with Crippen LogP contribution in [0.4, 0.5) is 0 Å². The molecular weight excluding hydrogens is 463 g/mol. The van der Waals surface area contributed by atoms with Crippen LogP contribution >= 0.6 is 24.0 Å². The third-order valence-electron chi connectivity index (χ3n) is 4.29. The van der Waals surface area contributed by atoms with Gasteiger partial charge in [-0.1, -0.05) is 29.8 Å². The molecule has 0 atom stereocenters. The summed E-state index contributed by atoms with van der Waals surface area (Å²) in [6, 6.07) is 10.5. The van der Waals surface area contributed by atoms with Gasteiger partial charge in [0.25, 0.3) is 0 Å². The van der Waals surface area contributed by atoms with Crippen molar-refractivity contribution in [2.75, 3.05) is 6.54 Å². The van der Waals surface area contributed by atoms with Crippen molar-refractivity contribution in [2.24, 2.45) is 4.99 Å². The fourth-order valence-corrected chi connectivity index (χ4v) is 2.79. The van der Waals surface area contributed by atoms with Gasteiger partial charge in [-0.05, 0) is 43.5 Å². The van der Waals surface area contributed by atoms with Crippen molar-refractivity contribution in [3.63, 3.8) is 0 Å². The largest absolute Gasteiger partial charge is 0.357 e. The molecule has 2 heterocycles. The van der Waals surface area contributed by atoms with Gasteiger partial charge in [-0.15, -0.1) is 24.0 Å². The number of nitrogens with one attached hydrogen (secondary N) is 2. The SMILES string of the molecule is CCNC(=NCc1ccc(-n2ccnc2)nc1)NCc1ccc(C)cc1C.I. The molecule has 0 aliphatic carbocycles. The molecule has 1 aromatic carbocycles. The molecule has 3 rings (SSSR count). The van der Waals surface area contributed by atoms with Gasteiger partial charge in [-0.3, -0.25) is 4.57 Å². The van der Waals surface area contributed by atoms with Crippen LogP contribution in [0.2, 0.25) is 0 Å². The molecule has 3 aromatic rings. The van der Waals surface area contributed by atoms with Crippen LogP contribution in [-0.4, -0.2) is 27.0 Å². The molecular formula is C21H27IN6. The number of guanidine groups is 1. The number of hydrogen-bond acceptors (Lipinski definition) is 3. The maximum atomic E-state index is 4.67. The monoisotopic (exact) mass is 490 g/mol. The van der Waals surface area contributed by atoms with Gasteiger partial charge in [0.05, 0.1) is 6.54 Å². The van der Waals surface area contributed by atoms with Gasteiger partial charge in [0.15, 0.2) is 5.96 Å². The summed E-state index contributed by atoms with van der Waals surface area (Å²) in [5, 5.41) is 6.70. The van der Waals surface area contributed by atoms with Crippen molar-refractivity contribution in [3.05, 3.63) is 77.5 Å². The number of rotatable bonds is 6. The standard InChI is InChI=1S/C21H26N6.HI/c1-4-23-21(26-14-19-7-5-16(2)11-17(19)3)25-13-18-6-8-20(24-12-18)27-10-9-22-15-27;/h5-12,15H,4,13-14H2,1-3H3,(H2,23,25,26);1H. The molecule has 0 fully saturated rings. The Labute approximate surface area is 183 Å². The number of pyridine rings is 1. The number of nitrogens with zero attached hydrogens (tertiary/aromatic N) is 4. The lowest BCUT2D eigenvalue weighted by Crippen LogP contribution is -2.36. The van der Waals surface area contributed by atoms with Gasteiger partial charge in [-0.25, -0.2) is 15.0 Å². The van der Waals surface area contributed by atoms with Crippen LogP contribution in [0.15, 0.2) is 60.2 Å². The first kappa shape index (κ1) is 21.9. The van der Waals surface area contributed by atoms with Crippen molar-refractivity contribution < 1.29 is 0 Å². The van der Waals surface area contributed by atoms with Gasteiger partial charge in [-0.2, -0.15) is 0 Å². The molecule has 6 nitrogen and oxygen atoms in total. The number of benzene rings is 1. The molecule has 0 saturated heterocycles. The molecule has 0 unspecified atom stereocenters. The second kappa shape index (κ2) is 10.8. The van der Waals surface area contributed by atoms with E-state index >= 15 is 0 Å². The van der Waals surface area contributed by atoms with E-state index in [2.05, 4.69) is 64.6 Å². The Balaban J connectivity index is 0.00000280. The Bertz CT molecular complexity index is 888. The van der Waals surface area contributed by atoms with Crippen LogP contribution in [0.1, 0.15) is 29.2 Å². The molecule has 2 N–H and O–H groups in total. The number of hydrogen-bond donors (Lipinski definition) is 2. The maximum absolute atomic E-state index is 4.67. The van der Waals surface area contributed by atoms with Crippen molar-refractivity contribution >= 4 is 29.9 Å². The van der Waals surface area contributed by atoms with E-state index in [0.29, 0.717) is 6.54 Å². The van der Waals surface area contributed by atoms with E-state index in [1.165, 1.54) is 16.7 Å². The highest BCUT2D eigenvalue weighted by molar-refractivity contribution is 14.0. The minimum atomic E-state index is 0. The Morgan fingerprint density at radius 2 is 2.00 bits per heavy atom. The molecule has 148 valence electrons. The first-order valence-electron chi connectivity index (χ1n) is 9.17. The van der Waals surface area contributed by atoms with E-state index in [4.69, 9.17) is 0 Å². The second-order valence-corrected chi connectivity index (χ2v) is 6.47. The van der Waals surface area contributed by atoms with Crippen LogP contribution < -0.4 is 10.6 Å². The average molecular weight is 490 g/mol. The number of aromatic nitrogens is 3. The first-order valence-corrected chi connectivity index (χ1v) is 9.17. The molecule has 0 aliphatic rings. The van der Waals surface area contributed by atoms with Crippen molar-refractivity contribution in [3.8, 4) is 5.82 Å². The van der Waals surface area contributed by atoms with E-state index in [9.17, 15) is 0 Å². The zero-order valence-electron chi connectivity index (χ0n) is 16.5. The molecule has 2 aromatic heterocycles. The highest BCUT2D eigenvalue weighted by Gasteiger charge is 2.02. The quantitative estimate of drug-likeness (QED) is 0.314. The van der Waals surface area contributed by atoms with Crippen molar-refractivity contribution in [1.29, 1.82) is 0 Å². The summed E-state index contributed by atoms with van der Waals surface area (Å²) < 4.78 is 1.88. The van der Waals surface area contributed by atoms with Gasteiger partial charge in [0.2, 0.25) is 0 Å². The van der Waals surface area contributed by atoms with E-state index in [1.54, 1.807) is 12.5 Å². The summed E-state index contributed by atoms with van der Waals surface area (Å²) in [4.78, 5) is 13.2. The Morgan fingerprint density at radius 3 is 2.64 bits per heavy atom. The van der Waals surface area contributed by atoms with Crippen LogP contribution in [0.5, 0.6) is 0 Å². The summed E-state index contributed by atoms with van der Waals surface area (Å²) in [6.07, 6.45) is 7.21. The third kappa shape index (κ3) is 6.05. The molecule has 0 amide bonds. The van der Waals surface area contributed by atoms with E-state index in [-0.39, 0.29) is 24.0 Å². The highest BCUT2D eigenvalue weighted by Crippen LogP contribution is 2.10. The molecule has 0 saturated carbocycles. The Kier molecular flexibility index (Phi) is 8.43. The summed E-state index contributed by atoms with van der Waals surface area (Å²) in [6.45, 7) is 8.45. The number of aryl methyl sites for hydroxylation is 2. The van der Waals surface area contributed by atoms with Crippen molar-refractivity contribution in [2.45, 2.75) is 33.9 Å². The molecule has 0 spiro atoms. The van der Waals surface area contributed by atoms with Crippen LogP contribution in [0.25, 0.3) is 5.82 Å². The lowest BCUT2D eigenvalue weighted by molar-refractivity contribution is 0.811. The fraction of sp³-hybridized carbons (Fsp3) is 0.286. The van der Waals surface area contributed by atoms with Gasteiger partial charge in [0.1, 0.15) is 12.1 Å². The number of aliphatic imine (C=N–C) groups is 1. The lowest BCUT2D eigenvalue weighted by atomic mass is 10.1. The lowest BCUT2D eigenvalue weighted by Gasteiger charge is -2.13. The summed E-state index contributed by atoms with van der Waals surface area (Å²) >= 11 is 0. The van der Waals surface area contributed by atoms with Crippen molar-refractivity contribution in [1.82, 2.24) is 25.2 Å². The topological polar surface area (TPSA) is 67.1 Å². The van der Waals surface area contributed by atoms with E-state index in [1.807, 2.05) is 29.1 Å². The Morgan fingerprint density at radius 1 is 1.14 bits per heavy atom. The first-order chi connectivity index (χ1) is 13.2. The second-order valence-electron chi connectivity index (χ2n) is 6.47. The van der Waals surface area contributed by atoms with E-state index < -0.39 is 0 Å². The van der Waals surface area contributed by atoms with Gasteiger partial charge < -0.3 is 10.6 Å². The van der Waals surface area contributed by atoms with E-state index in [0.717, 1.165) is 30.4 Å². The highest BCUT2D eigenvalue weighted by atomic mass is 127. The maximum Gasteiger partial charge on any atom is 0.191 e. The summed E-state index contributed by atoms with van der Waals surface area (Å²) in [7, 11) is 0. The van der Waals surface area contributed by atoms with Gasteiger partial charge >= 0.3 is 0 Å². The summed E-state index contributed by atoms with van der Waals surface area (Å²) in [5.74, 6) is 1.65. The van der Waals surface area contributed by atoms with Crippen LogP contribution in [0.3, 0.4) is 0 Å². The van der Waals surface area contributed by atoms with Gasteiger partial charge in [0, 0.05) is 31.7 Å². The smallest absolute Gasteiger partial charge is 0.191 e. The minimum absolute atomic E-state index is 0. The van der Waals surface area contributed by atoms with Crippen LogP contribution in [-0.2, 0) is 13.1 Å². The predicted molar refractivity (Wildman–Crippen MR) is 124 cm³/mol. The molecule has 0 bridgehead atoms.